The Hall–Kier alpha value is -0.980. The van der Waals surface area contributed by atoms with Gasteiger partial charge in [0.25, 0.3) is 0 Å². The first-order valence-corrected chi connectivity index (χ1v) is 10.7. The third-order valence-corrected chi connectivity index (χ3v) is 4.06. The monoisotopic (exact) mass is 351 g/mol. The zero-order valence-electron chi connectivity index (χ0n) is 18.3. The van der Waals surface area contributed by atoms with Crippen molar-refractivity contribution >= 4 is 0 Å². The van der Waals surface area contributed by atoms with Crippen LogP contribution < -0.4 is 0 Å². The molecule has 0 spiro atoms. The maximum atomic E-state index is 2.66. The van der Waals surface area contributed by atoms with E-state index in [4.69, 9.17) is 0 Å². The molecule has 3 rings (SSSR count). The SMILES string of the molecule is C.CC.CC.CC.CC.CC1=CCC2=C3C(=C1)CCCN3CCCC2. The van der Waals surface area contributed by atoms with E-state index in [-0.39, 0.29) is 7.43 Å². The van der Waals surface area contributed by atoms with Crippen LogP contribution in [0.25, 0.3) is 0 Å². The van der Waals surface area contributed by atoms with Gasteiger partial charge in [0, 0.05) is 18.8 Å². The highest BCUT2D eigenvalue weighted by Gasteiger charge is 2.25. The zero-order chi connectivity index (χ0) is 19.0. The largest absolute Gasteiger partial charge is 0.371 e. The van der Waals surface area contributed by atoms with E-state index in [0.29, 0.717) is 0 Å². The Labute approximate surface area is 161 Å². The Morgan fingerprint density at radius 3 is 1.92 bits per heavy atom. The van der Waals surface area contributed by atoms with Crippen LogP contribution in [0.5, 0.6) is 0 Å². The molecule has 0 aromatic heterocycles. The number of nitrogens with zero attached hydrogens (tertiary/aromatic N) is 1. The van der Waals surface area contributed by atoms with Gasteiger partial charge in [-0.1, -0.05) is 80.5 Å². The number of hydrogen-bond acceptors (Lipinski definition) is 1. The van der Waals surface area contributed by atoms with Crippen LogP contribution in [-0.2, 0) is 0 Å². The van der Waals surface area contributed by atoms with Gasteiger partial charge in [0.05, 0.1) is 0 Å². The summed E-state index contributed by atoms with van der Waals surface area (Å²) in [6.45, 7) is 20.8. The van der Waals surface area contributed by atoms with Crippen LogP contribution in [0.1, 0.15) is 108 Å². The number of rotatable bonds is 0. The summed E-state index contributed by atoms with van der Waals surface area (Å²) in [4.78, 5) is 2.66. The minimum atomic E-state index is 0. The molecule has 1 saturated heterocycles. The molecule has 0 amide bonds. The molecule has 0 atom stereocenters. The van der Waals surface area contributed by atoms with Crippen molar-refractivity contribution in [2.24, 2.45) is 0 Å². The van der Waals surface area contributed by atoms with Crippen molar-refractivity contribution in [3.63, 3.8) is 0 Å². The molecule has 0 aromatic carbocycles. The van der Waals surface area contributed by atoms with E-state index >= 15 is 0 Å². The van der Waals surface area contributed by atoms with Crippen LogP contribution in [0.3, 0.4) is 0 Å². The van der Waals surface area contributed by atoms with Crippen molar-refractivity contribution in [3.8, 4) is 0 Å². The molecule has 0 aromatic rings. The molecule has 0 bridgehead atoms. The van der Waals surface area contributed by atoms with Crippen LogP contribution >= 0.6 is 0 Å². The molecule has 0 saturated carbocycles. The van der Waals surface area contributed by atoms with Gasteiger partial charge in [-0.2, -0.15) is 0 Å². The molecule has 3 aliphatic rings. The highest BCUT2D eigenvalue weighted by molar-refractivity contribution is 5.44. The third kappa shape index (κ3) is 9.33. The molecule has 0 radical (unpaired) electrons. The lowest BCUT2D eigenvalue weighted by Crippen LogP contribution is -2.30. The molecule has 1 aliphatic carbocycles. The fourth-order valence-corrected chi connectivity index (χ4v) is 3.28. The number of allylic oxidation sites excluding steroid dienone is 5. The maximum Gasteiger partial charge on any atom is 0.0393 e. The highest BCUT2D eigenvalue weighted by Crippen LogP contribution is 2.37. The van der Waals surface area contributed by atoms with Crippen LogP contribution in [0, 0.1) is 0 Å². The number of piperidine rings is 1. The topological polar surface area (TPSA) is 3.24 Å². The first-order chi connectivity index (χ1) is 11.8. The second-order valence-corrected chi connectivity index (χ2v) is 5.32. The smallest absolute Gasteiger partial charge is 0.0393 e. The fourth-order valence-electron chi connectivity index (χ4n) is 3.28. The van der Waals surface area contributed by atoms with Crippen molar-refractivity contribution < 1.29 is 0 Å². The molecule has 1 heteroatoms. The molecule has 0 N–H and O–H groups in total. The van der Waals surface area contributed by atoms with E-state index in [0.717, 1.165) is 0 Å². The molecular formula is C24H49N. The summed E-state index contributed by atoms with van der Waals surface area (Å²) in [5.41, 5.74) is 6.43. The van der Waals surface area contributed by atoms with E-state index < -0.39 is 0 Å². The molecule has 2 heterocycles. The molecule has 150 valence electrons. The normalized spacial score (nSPS) is 17.2. The zero-order valence-corrected chi connectivity index (χ0v) is 18.3. The average Bonchev–Trinajstić information content (AvgIpc) is 2.98. The first-order valence-electron chi connectivity index (χ1n) is 10.7. The van der Waals surface area contributed by atoms with Gasteiger partial charge in [-0.15, -0.1) is 0 Å². The van der Waals surface area contributed by atoms with Gasteiger partial charge in [0.15, 0.2) is 0 Å². The summed E-state index contributed by atoms with van der Waals surface area (Å²) in [6, 6.07) is 0. The summed E-state index contributed by atoms with van der Waals surface area (Å²) in [5, 5.41) is 0. The van der Waals surface area contributed by atoms with Gasteiger partial charge < -0.3 is 4.90 Å². The minimum absolute atomic E-state index is 0. The lowest BCUT2D eigenvalue weighted by molar-refractivity contribution is 0.320. The first kappa shape index (κ1) is 28.8. The maximum absolute atomic E-state index is 2.66. The summed E-state index contributed by atoms with van der Waals surface area (Å²) < 4.78 is 0. The lowest BCUT2D eigenvalue weighted by Gasteiger charge is -2.34. The highest BCUT2D eigenvalue weighted by atomic mass is 15.1. The van der Waals surface area contributed by atoms with Gasteiger partial charge in [-0.25, -0.2) is 0 Å². The van der Waals surface area contributed by atoms with Gasteiger partial charge in [0.1, 0.15) is 0 Å². The van der Waals surface area contributed by atoms with Gasteiger partial charge in [-0.05, 0) is 56.6 Å². The van der Waals surface area contributed by atoms with E-state index in [1.54, 1.807) is 16.8 Å². The Morgan fingerprint density at radius 2 is 1.32 bits per heavy atom. The van der Waals surface area contributed by atoms with Gasteiger partial charge >= 0.3 is 0 Å². The van der Waals surface area contributed by atoms with Crippen molar-refractivity contribution in [1.29, 1.82) is 0 Å². The number of hydrogen-bond donors (Lipinski definition) is 0. The molecule has 25 heavy (non-hydrogen) atoms. The van der Waals surface area contributed by atoms with Gasteiger partial charge in [0.2, 0.25) is 0 Å². The van der Waals surface area contributed by atoms with Crippen LogP contribution in [-0.4, -0.2) is 18.0 Å². The summed E-state index contributed by atoms with van der Waals surface area (Å²) in [6.07, 6.45) is 12.8. The standard InChI is InChI=1S/C15H21N.4C2H6.CH4/c1-12-7-8-13-5-2-3-9-16-10-4-6-14(11-12)15(13)16;4*1-2;/h7,11H,2-6,8-10H2,1H3;4*1-2H3;1H4. The van der Waals surface area contributed by atoms with E-state index in [9.17, 15) is 0 Å². The molecule has 1 fully saturated rings. The summed E-state index contributed by atoms with van der Waals surface area (Å²) in [5.74, 6) is 0. The van der Waals surface area contributed by atoms with Crippen molar-refractivity contribution in [2.45, 2.75) is 108 Å². The minimum Gasteiger partial charge on any atom is -0.371 e. The molecular weight excluding hydrogens is 302 g/mol. The van der Waals surface area contributed by atoms with Crippen LogP contribution in [0.4, 0.5) is 0 Å². The van der Waals surface area contributed by atoms with E-state index in [2.05, 4.69) is 24.0 Å². The van der Waals surface area contributed by atoms with Crippen molar-refractivity contribution in [3.05, 3.63) is 34.6 Å². The second-order valence-electron chi connectivity index (χ2n) is 5.32. The van der Waals surface area contributed by atoms with Crippen LogP contribution in [0.15, 0.2) is 34.6 Å². The van der Waals surface area contributed by atoms with Crippen LogP contribution in [0.2, 0.25) is 0 Å². The lowest BCUT2D eigenvalue weighted by atomic mass is 9.95. The Balaban J connectivity index is -0.000000478. The Morgan fingerprint density at radius 1 is 0.760 bits per heavy atom. The van der Waals surface area contributed by atoms with Crippen molar-refractivity contribution in [1.82, 2.24) is 4.90 Å². The van der Waals surface area contributed by atoms with Crippen molar-refractivity contribution in [2.75, 3.05) is 13.1 Å². The fraction of sp³-hybridized carbons (Fsp3) is 0.750. The van der Waals surface area contributed by atoms with E-state index in [1.807, 2.05) is 55.4 Å². The molecule has 2 aliphatic heterocycles. The predicted octanol–water partition coefficient (Wildman–Crippen LogP) is 8.54. The average molecular weight is 352 g/mol. The third-order valence-electron chi connectivity index (χ3n) is 4.06. The summed E-state index contributed by atoms with van der Waals surface area (Å²) in [7, 11) is 0. The molecule has 1 nitrogen and oxygen atoms in total. The quantitative estimate of drug-likeness (QED) is 0.422. The van der Waals surface area contributed by atoms with E-state index in [1.165, 1.54) is 57.2 Å². The predicted molar refractivity (Wildman–Crippen MR) is 120 cm³/mol. The summed E-state index contributed by atoms with van der Waals surface area (Å²) >= 11 is 0. The Kier molecular flexibility index (Phi) is 22.3. The molecule has 0 unspecified atom stereocenters. The van der Waals surface area contributed by atoms with Gasteiger partial charge in [-0.3, -0.25) is 0 Å². The second kappa shape index (κ2) is 19.3. The Bertz CT molecular complexity index is 385.